The number of hydrogen-bond donors (Lipinski definition) is 0. The SMILES string of the molecule is CC(C)(C)c1ccc(-c2ccc(CC#N)cn2)cc1. The van der Waals surface area contributed by atoms with Gasteiger partial charge in [-0.1, -0.05) is 51.1 Å². The predicted octanol–water partition coefficient (Wildman–Crippen LogP) is 4.11. The van der Waals surface area contributed by atoms with E-state index in [2.05, 4.69) is 56.1 Å². The van der Waals surface area contributed by atoms with Gasteiger partial charge in [0.25, 0.3) is 0 Å². The molecule has 0 fully saturated rings. The average Bonchev–Trinajstić information content (AvgIpc) is 2.39. The van der Waals surface area contributed by atoms with Gasteiger partial charge in [-0.25, -0.2) is 0 Å². The van der Waals surface area contributed by atoms with Crippen LogP contribution in [0.25, 0.3) is 11.3 Å². The van der Waals surface area contributed by atoms with E-state index < -0.39 is 0 Å². The minimum absolute atomic E-state index is 0.169. The zero-order chi connectivity index (χ0) is 13.9. The maximum Gasteiger partial charge on any atom is 0.0702 e. The first-order valence-corrected chi connectivity index (χ1v) is 6.43. The Bertz CT molecular complexity index is 581. The van der Waals surface area contributed by atoms with Gasteiger partial charge in [0, 0.05) is 11.8 Å². The lowest BCUT2D eigenvalue weighted by molar-refractivity contribution is 0.590. The zero-order valence-electron chi connectivity index (χ0n) is 11.6. The zero-order valence-corrected chi connectivity index (χ0v) is 11.6. The number of nitriles is 1. The summed E-state index contributed by atoms with van der Waals surface area (Å²) in [5, 5.41) is 8.63. The fourth-order valence-electron chi connectivity index (χ4n) is 1.93. The maximum atomic E-state index is 8.63. The molecule has 2 nitrogen and oxygen atoms in total. The molecule has 96 valence electrons. The normalized spacial score (nSPS) is 11.1. The molecule has 0 spiro atoms. The van der Waals surface area contributed by atoms with Gasteiger partial charge < -0.3 is 0 Å². The van der Waals surface area contributed by atoms with Crippen molar-refractivity contribution < 1.29 is 0 Å². The summed E-state index contributed by atoms with van der Waals surface area (Å²) in [5.74, 6) is 0. The third-order valence-electron chi connectivity index (χ3n) is 3.15. The van der Waals surface area contributed by atoms with Gasteiger partial charge in [-0.05, 0) is 22.6 Å². The van der Waals surface area contributed by atoms with Gasteiger partial charge in [-0.15, -0.1) is 0 Å². The van der Waals surface area contributed by atoms with Crippen molar-refractivity contribution in [3.05, 3.63) is 53.7 Å². The third-order valence-corrected chi connectivity index (χ3v) is 3.15. The Kier molecular flexibility index (Phi) is 3.66. The van der Waals surface area contributed by atoms with Crippen molar-refractivity contribution in [3.63, 3.8) is 0 Å². The molecular weight excluding hydrogens is 232 g/mol. The Morgan fingerprint density at radius 1 is 1.05 bits per heavy atom. The van der Waals surface area contributed by atoms with E-state index in [9.17, 15) is 0 Å². The van der Waals surface area contributed by atoms with E-state index >= 15 is 0 Å². The predicted molar refractivity (Wildman–Crippen MR) is 77.7 cm³/mol. The van der Waals surface area contributed by atoms with Crippen molar-refractivity contribution in [2.75, 3.05) is 0 Å². The lowest BCUT2D eigenvalue weighted by Crippen LogP contribution is -2.10. The van der Waals surface area contributed by atoms with Crippen molar-refractivity contribution in [2.24, 2.45) is 0 Å². The summed E-state index contributed by atoms with van der Waals surface area (Å²) in [6, 6.07) is 14.6. The number of benzene rings is 1. The van der Waals surface area contributed by atoms with E-state index in [1.807, 2.05) is 12.1 Å². The van der Waals surface area contributed by atoms with E-state index in [4.69, 9.17) is 5.26 Å². The second-order valence-corrected chi connectivity index (χ2v) is 5.71. The highest BCUT2D eigenvalue weighted by molar-refractivity contribution is 5.59. The third kappa shape index (κ3) is 3.20. The molecule has 0 saturated carbocycles. The molecular formula is C17H18N2. The Morgan fingerprint density at radius 3 is 2.21 bits per heavy atom. The second kappa shape index (κ2) is 5.24. The van der Waals surface area contributed by atoms with E-state index in [0.717, 1.165) is 16.8 Å². The summed E-state index contributed by atoms with van der Waals surface area (Å²) in [7, 11) is 0. The van der Waals surface area contributed by atoms with Gasteiger partial charge in [0.15, 0.2) is 0 Å². The smallest absolute Gasteiger partial charge is 0.0702 e. The molecule has 0 bridgehead atoms. The lowest BCUT2D eigenvalue weighted by atomic mass is 9.86. The molecule has 0 radical (unpaired) electrons. The summed E-state index contributed by atoms with van der Waals surface area (Å²) in [6.07, 6.45) is 2.19. The van der Waals surface area contributed by atoms with Crippen LogP contribution in [-0.2, 0) is 11.8 Å². The summed E-state index contributed by atoms with van der Waals surface area (Å²) in [6.45, 7) is 6.62. The summed E-state index contributed by atoms with van der Waals surface area (Å²) < 4.78 is 0. The standard InChI is InChI=1S/C17H18N2/c1-17(2,3)15-7-5-14(6-8-15)16-9-4-13(10-11-18)12-19-16/h4-9,12H,10H2,1-3H3. The molecule has 2 aromatic rings. The number of pyridine rings is 1. The van der Waals surface area contributed by atoms with Crippen LogP contribution >= 0.6 is 0 Å². The van der Waals surface area contributed by atoms with Gasteiger partial charge in [-0.2, -0.15) is 5.26 Å². The van der Waals surface area contributed by atoms with E-state index in [1.165, 1.54) is 5.56 Å². The molecule has 19 heavy (non-hydrogen) atoms. The monoisotopic (exact) mass is 250 g/mol. The molecule has 1 heterocycles. The van der Waals surface area contributed by atoms with Gasteiger partial charge >= 0.3 is 0 Å². The Hall–Kier alpha value is -2.14. The largest absolute Gasteiger partial charge is 0.256 e. The van der Waals surface area contributed by atoms with Crippen LogP contribution in [0.1, 0.15) is 31.9 Å². The fourth-order valence-corrected chi connectivity index (χ4v) is 1.93. The Morgan fingerprint density at radius 2 is 1.74 bits per heavy atom. The molecule has 0 unspecified atom stereocenters. The van der Waals surface area contributed by atoms with Crippen molar-refractivity contribution in [3.8, 4) is 17.3 Å². The van der Waals surface area contributed by atoms with Gasteiger partial charge in [0.2, 0.25) is 0 Å². The molecule has 0 atom stereocenters. The maximum absolute atomic E-state index is 8.63. The molecule has 0 aliphatic rings. The van der Waals surface area contributed by atoms with Crippen molar-refractivity contribution in [1.29, 1.82) is 5.26 Å². The summed E-state index contributed by atoms with van der Waals surface area (Å²) in [5.41, 5.74) is 4.50. The van der Waals surface area contributed by atoms with Gasteiger partial charge in [0.05, 0.1) is 18.2 Å². The van der Waals surface area contributed by atoms with Crippen LogP contribution in [0, 0.1) is 11.3 Å². The fraction of sp³-hybridized carbons (Fsp3) is 0.294. The van der Waals surface area contributed by atoms with Crippen LogP contribution < -0.4 is 0 Å². The van der Waals surface area contributed by atoms with Crippen molar-refractivity contribution >= 4 is 0 Å². The first-order valence-electron chi connectivity index (χ1n) is 6.43. The molecule has 2 rings (SSSR count). The van der Waals surface area contributed by atoms with Crippen LogP contribution in [0.4, 0.5) is 0 Å². The average molecular weight is 250 g/mol. The molecule has 0 amide bonds. The second-order valence-electron chi connectivity index (χ2n) is 5.71. The van der Waals surface area contributed by atoms with Crippen LogP contribution in [0.15, 0.2) is 42.6 Å². The van der Waals surface area contributed by atoms with E-state index in [-0.39, 0.29) is 5.41 Å². The summed E-state index contributed by atoms with van der Waals surface area (Å²) in [4.78, 5) is 4.41. The van der Waals surface area contributed by atoms with Crippen LogP contribution in [0.5, 0.6) is 0 Å². The van der Waals surface area contributed by atoms with Crippen LogP contribution in [0.2, 0.25) is 0 Å². The first-order chi connectivity index (χ1) is 9.00. The highest BCUT2D eigenvalue weighted by atomic mass is 14.7. The molecule has 2 heteroatoms. The van der Waals surface area contributed by atoms with Gasteiger partial charge in [0.1, 0.15) is 0 Å². The molecule has 1 aromatic heterocycles. The number of aromatic nitrogens is 1. The minimum Gasteiger partial charge on any atom is -0.256 e. The number of nitrogens with zero attached hydrogens (tertiary/aromatic N) is 2. The molecule has 0 aliphatic heterocycles. The van der Waals surface area contributed by atoms with Crippen LogP contribution in [0.3, 0.4) is 0 Å². The highest BCUT2D eigenvalue weighted by Crippen LogP contribution is 2.25. The Balaban J connectivity index is 2.25. The molecule has 1 aromatic carbocycles. The van der Waals surface area contributed by atoms with Crippen molar-refractivity contribution in [1.82, 2.24) is 4.98 Å². The minimum atomic E-state index is 0.169. The Labute approximate surface area is 114 Å². The highest BCUT2D eigenvalue weighted by Gasteiger charge is 2.13. The van der Waals surface area contributed by atoms with Gasteiger partial charge in [-0.3, -0.25) is 4.98 Å². The van der Waals surface area contributed by atoms with Crippen LogP contribution in [-0.4, -0.2) is 4.98 Å². The number of rotatable bonds is 2. The lowest BCUT2D eigenvalue weighted by Gasteiger charge is -2.19. The topological polar surface area (TPSA) is 36.7 Å². The summed E-state index contributed by atoms with van der Waals surface area (Å²) >= 11 is 0. The molecule has 0 N–H and O–H groups in total. The van der Waals surface area contributed by atoms with E-state index in [1.54, 1.807) is 6.20 Å². The van der Waals surface area contributed by atoms with Crippen molar-refractivity contribution in [2.45, 2.75) is 32.6 Å². The van der Waals surface area contributed by atoms with E-state index in [0.29, 0.717) is 6.42 Å². The quantitative estimate of drug-likeness (QED) is 0.804. The first kappa shape index (κ1) is 13.3. The number of hydrogen-bond acceptors (Lipinski definition) is 2. The molecule has 0 saturated heterocycles. The molecule has 0 aliphatic carbocycles.